The summed E-state index contributed by atoms with van der Waals surface area (Å²) in [6, 6.07) is 9.32. The molecule has 0 saturated carbocycles. The molecule has 1 amide bonds. The van der Waals surface area contributed by atoms with Gasteiger partial charge < -0.3 is 5.32 Å². The standard InChI is InChI=1S/C13H9Cl2FN2O/c14-9-3-1-8(2-4-9)7-12(19)18-13-10(15)5-6-11(16)17-13/h1-6H,7H2,(H,17,18,19). The van der Waals surface area contributed by atoms with Gasteiger partial charge in [-0.25, -0.2) is 4.98 Å². The van der Waals surface area contributed by atoms with Crippen LogP contribution in [0, 0.1) is 5.95 Å². The lowest BCUT2D eigenvalue weighted by atomic mass is 10.1. The van der Waals surface area contributed by atoms with Crippen molar-refractivity contribution >= 4 is 34.9 Å². The van der Waals surface area contributed by atoms with Crippen LogP contribution in [0.15, 0.2) is 36.4 Å². The predicted molar refractivity (Wildman–Crippen MR) is 73.0 cm³/mol. The molecule has 0 aliphatic rings. The maximum Gasteiger partial charge on any atom is 0.229 e. The van der Waals surface area contributed by atoms with Gasteiger partial charge >= 0.3 is 0 Å². The Bertz CT molecular complexity index is 602. The van der Waals surface area contributed by atoms with Crippen LogP contribution < -0.4 is 5.32 Å². The van der Waals surface area contributed by atoms with E-state index in [9.17, 15) is 9.18 Å². The zero-order chi connectivity index (χ0) is 13.8. The van der Waals surface area contributed by atoms with Crippen molar-refractivity contribution < 1.29 is 9.18 Å². The molecular formula is C13H9Cl2FN2O. The minimum atomic E-state index is -0.703. The number of amides is 1. The average Bonchev–Trinajstić information content (AvgIpc) is 2.37. The van der Waals surface area contributed by atoms with Gasteiger partial charge in [0.1, 0.15) is 0 Å². The van der Waals surface area contributed by atoms with Gasteiger partial charge in [0.05, 0.1) is 11.4 Å². The molecule has 1 aromatic heterocycles. The van der Waals surface area contributed by atoms with E-state index >= 15 is 0 Å². The van der Waals surface area contributed by atoms with E-state index in [4.69, 9.17) is 23.2 Å². The molecule has 1 N–H and O–H groups in total. The van der Waals surface area contributed by atoms with Crippen molar-refractivity contribution in [3.63, 3.8) is 0 Å². The van der Waals surface area contributed by atoms with Crippen LogP contribution in [0.25, 0.3) is 0 Å². The molecule has 2 rings (SSSR count). The molecule has 1 heterocycles. The molecular weight excluding hydrogens is 290 g/mol. The Morgan fingerprint density at radius 2 is 1.84 bits per heavy atom. The van der Waals surface area contributed by atoms with Crippen molar-refractivity contribution in [1.29, 1.82) is 0 Å². The van der Waals surface area contributed by atoms with E-state index in [2.05, 4.69) is 10.3 Å². The van der Waals surface area contributed by atoms with E-state index in [1.165, 1.54) is 6.07 Å². The van der Waals surface area contributed by atoms with Crippen molar-refractivity contribution in [2.24, 2.45) is 0 Å². The van der Waals surface area contributed by atoms with E-state index in [1.807, 2.05) is 0 Å². The number of pyridine rings is 1. The average molecular weight is 299 g/mol. The summed E-state index contributed by atoms with van der Waals surface area (Å²) in [4.78, 5) is 15.3. The van der Waals surface area contributed by atoms with Crippen molar-refractivity contribution in [3.8, 4) is 0 Å². The van der Waals surface area contributed by atoms with Gasteiger partial charge in [0, 0.05) is 5.02 Å². The zero-order valence-corrected chi connectivity index (χ0v) is 11.2. The summed E-state index contributed by atoms with van der Waals surface area (Å²) in [6.45, 7) is 0. The van der Waals surface area contributed by atoms with Gasteiger partial charge in [-0.15, -0.1) is 0 Å². The maximum atomic E-state index is 12.9. The Hall–Kier alpha value is -1.65. The SMILES string of the molecule is O=C(Cc1ccc(Cl)cc1)Nc1nc(F)ccc1Cl. The molecule has 0 saturated heterocycles. The van der Waals surface area contributed by atoms with E-state index in [0.29, 0.717) is 5.02 Å². The highest BCUT2D eigenvalue weighted by Gasteiger charge is 2.09. The topological polar surface area (TPSA) is 42.0 Å². The summed E-state index contributed by atoms with van der Waals surface area (Å²) in [5, 5.41) is 3.24. The molecule has 6 heteroatoms. The number of hydrogen-bond donors (Lipinski definition) is 1. The van der Waals surface area contributed by atoms with Crippen LogP contribution in [0.2, 0.25) is 10.0 Å². The molecule has 0 unspecified atom stereocenters. The van der Waals surface area contributed by atoms with E-state index in [0.717, 1.165) is 11.6 Å². The summed E-state index contributed by atoms with van der Waals surface area (Å²) in [5.41, 5.74) is 0.787. The molecule has 3 nitrogen and oxygen atoms in total. The fourth-order valence-corrected chi connectivity index (χ4v) is 1.75. The second-order valence-corrected chi connectivity index (χ2v) is 4.66. The Labute approximate surface area is 119 Å². The van der Waals surface area contributed by atoms with E-state index < -0.39 is 5.95 Å². The second-order valence-electron chi connectivity index (χ2n) is 3.82. The number of halogens is 3. The number of rotatable bonds is 3. The van der Waals surface area contributed by atoms with Gasteiger partial charge in [-0.05, 0) is 29.8 Å². The van der Waals surface area contributed by atoms with Gasteiger partial charge in [-0.1, -0.05) is 35.3 Å². The third-order valence-corrected chi connectivity index (χ3v) is 2.90. The first-order chi connectivity index (χ1) is 9.04. The summed E-state index contributed by atoms with van der Waals surface area (Å²) in [7, 11) is 0. The van der Waals surface area contributed by atoms with Gasteiger partial charge in [0.25, 0.3) is 0 Å². The van der Waals surface area contributed by atoms with E-state index in [1.54, 1.807) is 24.3 Å². The Morgan fingerprint density at radius 1 is 1.16 bits per heavy atom. The number of carbonyl (C=O) groups excluding carboxylic acids is 1. The molecule has 0 bridgehead atoms. The Morgan fingerprint density at radius 3 is 2.53 bits per heavy atom. The summed E-state index contributed by atoms with van der Waals surface area (Å²) in [6.07, 6.45) is 0.131. The predicted octanol–water partition coefficient (Wildman–Crippen LogP) is 3.71. The van der Waals surface area contributed by atoms with Gasteiger partial charge in [0.2, 0.25) is 11.9 Å². The van der Waals surface area contributed by atoms with Gasteiger partial charge in [-0.3, -0.25) is 4.79 Å². The van der Waals surface area contributed by atoms with Crippen molar-refractivity contribution in [2.75, 3.05) is 5.32 Å². The first-order valence-corrected chi connectivity index (χ1v) is 6.16. The molecule has 1 aromatic carbocycles. The zero-order valence-electron chi connectivity index (χ0n) is 9.66. The lowest BCUT2D eigenvalue weighted by Gasteiger charge is -2.06. The van der Waals surface area contributed by atoms with Crippen molar-refractivity contribution in [1.82, 2.24) is 4.98 Å². The number of aromatic nitrogens is 1. The van der Waals surface area contributed by atoms with Crippen LogP contribution in [-0.2, 0) is 11.2 Å². The third-order valence-electron chi connectivity index (χ3n) is 2.35. The van der Waals surface area contributed by atoms with Crippen LogP contribution in [0.1, 0.15) is 5.56 Å². The first-order valence-electron chi connectivity index (χ1n) is 5.41. The van der Waals surface area contributed by atoms with Crippen LogP contribution >= 0.6 is 23.2 Å². The second kappa shape index (κ2) is 5.99. The lowest BCUT2D eigenvalue weighted by Crippen LogP contribution is -2.16. The minimum Gasteiger partial charge on any atom is -0.309 e. The molecule has 19 heavy (non-hydrogen) atoms. The quantitative estimate of drug-likeness (QED) is 0.878. The largest absolute Gasteiger partial charge is 0.309 e. The minimum absolute atomic E-state index is 0.0145. The third kappa shape index (κ3) is 3.91. The van der Waals surface area contributed by atoms with Gasteiger partial charge in [0.15, 0.2) is 5.82 Å². The van der Waals surface area contributed by atoms with E-state index in [-0.39, 0.29) is 23.2 Å². The fourth-order valence-electron chi connectivity index (χ4n) is 1.47. The van der Waals surface area contributed by atoms with Crippen molar-refractivity contribution in [2.45, 2.75) is 6.42 Å². The highest BCUT2D eigenvalue weighted by Crippen LogP contribution is 2.19. The molecule has 0 fully saturated rings. The monoisotopic (exact) mass is 298 g/mol. The molecule has 0 radical (unpaired) electrons. The van der Waals surface area contributed by atoms with Crippen LogP contribution in [-0.4, -0.2) is 10.9 Å². The maximum absolute atomic E-state index is 12.9. The fraction of sp³-hybridized carbons (Fsp3) is 0.0769. The smallest absolute Gasteiger partial charge is 0.229 e. The summed E-state index contributed by atoms with van der Waals surface area (Å²) in [5.74, 6) is -1.02. The van der Waals surface area contributed by atoms with Crippen LogP contribution in [0.5, 0.6) is 0 Å². The number of nitrogens with zero attached hydrogens (tertiary/aromatic N) is 1. The summed E-state index contributed by atoms with van der Waals surface area (Å²) < 4.78 is 12.9. The molecule has 0 aliphatic heterocycles. The number of anilines is 1. The summed E-state index contributed by atoms with van der Waals surface area (Å²) >= 11 is 11.5. The molecule has 98 valence electrons. The number of carbonyl (C=O) groups is 1. The normalized spacial score (nSPS) is 10.3. The first kappa shape index (κ1) is 13.8. The molecule has 0 aliphatic carbocycles. The Kier molecular flexibility index (Phi) is 4.35. The highest BCUT2D eigenvalue weighted by atomic mass is 35.5. The molecule has 0 spiro atoms. The number of benzene rings is 1. The van der Waals surface area contributed by atoms with Crippen LogP contribution in [0.3, 0.4) is 0 Å². The number of hydrogen-bond acceptors (Lipinski definition) is 2. The highest BCUT2D eigenvalue weighted by molar-refractivity contribution is 6.33. The lowest BCUT2D eigenvalue weighted by molar-refractivity contribution is -0.115. The number of nitrogens with one attached hydrogen (secondary N) is 1. The molecule has 0 atom stereocenters. The van der Waals surface area contributed by atoms with Gasteiger partial charge in [-0.2, -0.15) is 4.39 Å². The van der Waals surface area contributed by atoms with Crippen molar-refractivity contribution in [3.05, 3.63) is 58.0 Å². The van der Waals surface area contributed by atoms with Crippen LogP contribution in [0.4, 0.5) is 10.2 Å². The Balaban J connectivity index is 2.05. The molecule has 2 aromatic rings.